The first-order chi connectivity index (χ1) is 15.0. The maximum atomic E-state index is 13.9. The van der Waals surface area contributed by atoms with Crippen molar-refractivity contribution < 1.29 is 30.0 Å². The van der Waals surface area contributed by atoms with E-state index in [-0.39, 0.29) is 0 Å². The number of aliphatic hydroxyl groups excluding tert-OH is 4. The lowest BCUT2D eigenvalue weighted by molar-refractivity contribution is -0.143. The molecule has 0 saturated carbocycles. The molecule has 0 amide bonds. The molecule has 0 aliphatic carbocycles. The number of hydrogen-bond donors (Lipinski definition) is 4. The lowest BCUT2D eigenvalue weighted by atomic mass is 9.65. The van der Waals surface area contributed by atoms with E-state index in [4.69, 9.17) is 4.74 Å². The summed E-state index contributed by atoms with van der Waals surface area (Å²) in [5, 5.41) is 40.2. The minimum atomic E-state index is -1.95. The van der Waals surface area contributed by atoms with Gasteiger partial charge in [0.05, 0.1) is 13.7 Å². The summed E-state index contributed by atoms with van der Waals surface area (Å²) in [6.45, 7) is -0.794. The molecule has 0 aromatic heterocycles. The summed E-state index contributed by atoms with van der Waals surface area (Å²) in [5.41, 5.74) is 0.243. The van der Waals surface area contributed by atoms with Crippen molar-refractivity contribution in [3.63, 3.8) is 0 Å². The van der Waals surface area contributed by atoms with Gasteiger partial charge in [-0.25, -0.2) is 0 Å². The van der Waals surface area contributed by atoms with Crippen molar-refractivity contribution in [3.8, 4) is 5.75 Å². The number of aliphatic hydroxyl groups is 4. The molecule has 0 aliphatic heterocycles. The number of methoxy groups -OCH3 is 1. The van der Waals surface area contributed by atoms with Gasteiger partial charge in [-0.05, 0) is 28.8 Å². The Labute approximate surface area is 181 Å². The fourth-order valence-corrected chi connectivity index (χ4v) is 3.84. The Morgan fingerprint density at radius 1 is 0.806 bits per heavy atom. The smallest absolute Gasteiger partial charge is 0.183 e. The summed E-state index contributed by atoms with van der Waals surface area (Å²) in [5.74, 6) is -0.127. The third-order valence-corrected chi connectivity index (χ3v) is 5.48. The zero-order valence-electron chi connectivity index (χ0n) is 17.1. The van der Waals surface area contributed by atoms with Crippen LogP contribution in [0.4, 0.5) is 0 Å². The summed E-state index contributed by atoms with van der Waals surface area (Å²) in [6.07, 6.45) is -5.48. The fourth-order valence-electron chi connectivity index (χ4n) is 3.84. The highest BCUT2D eigenvalue weighted by Gasteiger charge is 2.48. The van der Waals surface area contributed by atoms with E-state index in [1.807, 2.05) is 12.1 Å². The number of carbonyl (C=O) groups is 1. The highest BCUT2D eigenvalue weighted by Crippen LogP contribution is 2.42. The molecule has 6 heteroatoms. The zero-order chi connectivity index (χ0) is 22.4. The Bertz CT molecular complexity index is 932. The molecule has 3 aromatic rings. The molecule has 3 unspecified atom stereocenters. The monoisotopic (exact) mass is 422 g/mol. The molecule has 3 rings (SSSR count). The number of ketones is 1. The average molecular weight is 422 g/mol. The highest BCUT2D eigenvalue weighted by molar-refractivity contribution is 6.01. The van der Waals surface area contributed by atoms with Gasteiger partial charge in [-0.2, -0.15) is 0 Å². The molecule has 0 saturated heterocycles. The Morgan fingerprint density at radius 3 is 1.68 bits per heavy atom. The number of rotatable bonds is 9. The Morgan fingerprint density at radius 2 is 1.26 bits per heavy atom. The van der Waals surface area contributed by atoms with Crippen LogP contribution < -0.4 is 4.74 Å². The molecule has 0 bridgehead atoms. The SMILES string of the molecule is COc1ccc(C(C(=O)C(O)C(O)C(O)CO)(c2ccccc2)c2ccccc2)cc1. The van der Waals surface area contributed by atoms with Gasteiger partial charge in [-0.15, -0.1) is 0 Å². The molecule has 0 radical (unpaired) electrons. The van der Waals surface area contributed by atoms with Gasteiger partial charge in [-0.3, -0.25) is 4.79 Å². The molecule has 3 atom stereocenters. The largest absolute Gasteiger partial charge is 0.497 e. The highest BCUT2D eigenvalue weighted by atomic mass is 16.5. The van der Waals surface area contributed by atoms with E-state index in [0.717, 1.165) is 0 Å². The maximum Gasteiger partial charge on any atom is 0.183 e. The van der Waals surface area contributed by atoms with E-state index in [9.17, 15) is 25.2 Å². The van der Waals surface area contributed by atoms with Crippen LogP contribution in [0.25, 0.3) is 0 Å². The second-order valence-corrected chi connectivity index (χ2v) is 7.26. The van der Waals surface area contributed by atoms with Crippen molar-refractivity contribution in [1.29, 1.82) is 0 Å². The molecular weight excluding hydrogens is 396 g/mol. The number of benzene rings is 3. The third-order valence-electron chi connectivity index (χ3n) is 5.48. The Balaban J connectivity index is 2.31. The summed E-state index contributed by atoms with van der Waals surface area (Å²) in [7, 11) is 1.54. The van der Waals surface area contributed by atoms with Gasteiger partial charge in [0, 0.05) is 0 Å². The second-order valence-electron chi connectivity index (χ2n) is 7.26. The van der Waals surface area contributed by atoms with Gasteiger partial charge in [0.15, 0.2) is 5.78 Å². The molecule has 162 valence electrons. The zero-order valence-corrected chi connectivity index (χ0v) is 17.1. The number of carbonyl (C=O) groups excluding carboxylic acids is 1. The normalized spacial score (nSPS) is 14.5. The van der Waals surface area contributed by atoms with Crippen molar-refractivity contribution in [2.45, 2.75) is 23.7 Å². The molecule has 0 aliphatic rings. The third kappa shape index (κ3) is 4.24. The average Bonchev–Trinajstić information content (AvgIpc) is 2.84. The molecule has 4 N–H and O–H groups in total. The van der Waals surface area contributed by atoms with Crippen LogP contribution in [-0.2, 0) is 10.2 Å². The molecule has 0 heterocycles. The van der Waals surface area contributed by atoms with E-state index < -0.39 is 36.1 Å². The minimum Gasteiger partial charge on any atom is -0.497 e. The van der Waals surface area contributed by atoms with Crippen LogP contribution in [0.2, 0.25) is 0 Å². The summed E-state index contributed by atoms with van der Waals surface area (Å²) in [4.78, 5) is 13.9. The van der Waals surface area contributed by atoms with Crippen LogP contribution in [0, 0.1) is 0 Å². The van der Waals surface area contributed by atoms with E-state index >= 15 is 0 Å². The van der Waals surface area contributed by atoms with E-state index in [1.165, 1.54) is 7.11 Å². The van der Waals surface area contributed by atoms with Crippen LogP contribution in [0.3, 0.4) is 0 Å². The van der Waals surface area contributed by atoms with E-state index in [1.54, 1.807) is 72.8 Å². The first-order valence-corrected chi connectivity index (χ1v) is 9.91. The van der Waals surface area contributed by atoms with Gasteiger partial charge < -0.3 is 25.2 Å². The lowest BCUT2D eigenvalue weighted by Crippen LogP contribution is -2.52. The van der Waals surface area contributed by atoms with Gasteiger partial charge in [0.2, 0.25) is 0 Å². The van der Waals surface area contributed by atoms with Crippen LogP contribution in [0.15, 0.2) is 84.9 Å². The summed E-state index contributed by atoms with van der Waals surface area (Å²) >= 11 is 0. The molecular formula is C25H26O6. The lowest BCUT2D eigenvalue weighted by Gasteiger charge is -2.37. The molecule has 31 heavy (non-hydrogen) atoms. The molecule has 3 aromatic carbocycles. The maximum absolute atomic E-state index is 13.9. The minimum absolute atomic E-state index is 0.556. The van der Waals surface area contributed by atoms with Crippen molar-refractivity contribution in [2.75, 3.05) is 13.7 Å². The van der Waals surface area contributed by atoms with Crippen molar-refractivity contribution in [2.24, 2.45) is 0 Å². The standard InChI is InChI=1S/C25H26O6/c1-31-20-14-12-19(13-15-20)25(17-8-4-2-5-9-17,18-10-6-3-7-11-18)24(30)23(29)22(28)21(27)16-26/h2-15,21-23,26-29H,16H2,1H3. The first-order valence-electron chi connectivity index (χ1n) is 9.91. The number of hydrogen-bond acceptors (Lipinski definition) is 6. The topological polar surface area (TPSA) is 107 Å². The van der Waals surface area contributed by atoms with Crippen molar-refractivity contribution in [3.05, 3.63) is 102 Å². The Hall–Kier alpha value is -3.03. The van der Waals surface area contributed by atoms with Gasteiger partial charge in [-0.1, -0.05) is 72.8 Å². The number of ether oxygens (including phenoxy) is 1. The van der Waals surface area contributed by atoms with Crippen LogP contribution in [0.1, 0.15) is 16.7 Å². The van der Waals surface area contributed by atoms with Crippen molar-refractivity contribution in [1.82, 2.24) is 0 Å². The predicted molar refractivity (Wildman–Crippen MR) is 116 cm³/mol. The van der Waals surface area contributed by atoms with Crippen LogP contribution >= 0.6 is 0 Å². The Kier molecular flexibility index (Phi) is 7.20. The second kappa shape index (κ2) is 9.85. The van der Waals surface area contributed by atoms with E-state index in [2.05, 4.69) is 0 Å². The quantitative estimate of drug-likeness (QED) is 0.391. The molecule has 6 nitrogen and oxygen atoms in total. The van der Waals surface area contributed by atoms with Gasteiger partial charge in [0.25, 0.3) is 0 Å². The van der Waals surface area contributed by atoms with Crippen molar-refractivity contribution >= 4 is 5.78 Å². The number of Topliss-reactive ketones (excluding diaryl/α,β-unsaturated/α-hetero) is 1. The molecule has 0 spiro atoms. The predicted octanol–water partition coefficient (Wildman–Crippen LogP) is 1.67. The van der Waals surface area contributed by atoms with Crippen LogP contribution in [0.5, 0.6) is 5.75 Å². The van der Waals surface area contributed by atoms with Gasteiger partial charge >= 0.3 is 0 Å². The summed E-state index contributed by atoms with van der Waals surface area (Å²) < 4.78 is 5.25. The first kappa shape index (κ1) is 22.7. The van der Waals surface area contributed by atoms with Gasteiger partial charge in [0.1, 0.15) is 29.5 Å². The fraction of sp³-hybridized carbons (Fsp3) is 0.240. The molecule has 0 fully saturated rings. The van der Waals surface area contributed by atoms with E-state index in [0.29, 0.717) is 22.4 Å². The summed E-state index contributed by atoms with van der Waals surface area (Å²) in [6, 6.07) is 24.8. The van der Waals surface area contributed by atoms with Crippen LogP contribution in [-0.4, -0.2) is 58.2 Å².